The molecule has 2 aliphatic heterocycles. The van der Waals surface area contributed by atoms with Gasteiger partial charge in [-0.3, -0.25) is 19.3 Å². The summed E-state index contributed by atoms with van der Waals surface area (Å²) < 4.78 is 18.9. The number of carbonyl (C=O) groups excluding carboxylic acids is 2. The van der Waals surface area contributed by atoms with Crippen LogP contribution in [-0.2, 0) is 26.3 Å². The number of anilines is 1. The lowest BCUT2D eigenvalue weighted by Gasteiger charge is -2.50. The van der Waals surface area contributed by atoms with E-state index in [0.717, 1.165) is 28.0 Å². The van der Waals surface area contributed by atoms with Crippen LogP contribution in [0, 0.1) is 0 Å². The molecule has 39 heavy (non-hydrogen) atoms. The molecule has 208 valence electrons. The number of nitrogens with two attached hydrogens (primary N) is 1. The van der Waals surface area contributed by atoms with Crippen molar-refractivity contribution in [2.75, 3.05) is 25.6 Å². The van der Waals surface area contributed by atoms with Crippen LogP contribution in [-0.4, -0.2) is 85.2 Å². The molecule has 0 bridgehead atoms. The number of nitrogens with zero attached hydrogens (tertiary/aromatic N) is 6. The molecule has 0 radical (unpaired) electrons. The van der Waals surface area contributed by atoms with Crippen molar-refractivity contribution in [3.63, 3.8) is 0 Å². The normalized spacial score (nSPS) is 18.9. The van der Waals surface area contributed by atoms with Gasteiger partial charge in [-0.1, -0.05) is 16.9 Å². The molecule has 2 atom stereocenters. The van der Waals surface area contributed by atoms with E-state index in [1.54, 1.807) is 6.92 Å². The van der Waals surface area contributed by atoms with E-state index in [0.29, 0.717) is 11.3 Å². The first-order valence-electron chi connectivity index (χ1n) is 11.5. The van der Waals surface area contributed by atoms with Crippen molar-refractivity contribution in [1.29, 1.82) is 0 Å². The highest BCUT2D eigenvalue weighted by Gasteiger charge is 2.54. The van der Waals surface area contributed by atoms with Crippen molar-refractivity contribution in [3.05, 3.63) is 32.0 Å². The number of ether oxygens (including phenoxy) is 1. The number of rotatable bonds is 11. The van der Waals surface area contributed by atoms with Crippen molar-refractivity contribution in [2.24, 2.45) is 12.2 Å². The van der Waals surface area contributed by atoms with Crippen LogP contribution in [0.25, 0.3) is 0 Å². The number of β-lactam (4-membered cyclic amide) rings is 1. The summed E-state index contributed by atoms with van der Waals surface area (Å²) in [6, 6.07) is -1.70. The first-order valence-corrected chi connectivity index (χ1v) is 13.2. The number of fused-ring (bicyclic) bond motifs is 1. The molecule has 0 aliphatic carbocycles. The fourth-order valence-electron chi connectivity index (χ4n) is 3.94. The Kier molecular flexibility index (Phi) is 8.44. The van der Waals surface area contributed by atoms with E-state index in [4.69, 9.17) is 15.3 Å². The number of amides is 2. The van der Waals surface area contributed by atoms with Crippen molar-refractivity contribution in [1.82, 2.24) is 30.0 Å². The Hall–Kier alpha value is -4.06. The Morgan fingerprint density at radius 2 is 2.15 bits per heavy atom. The summed E-state index contributed by atoms with van der Waals surface area (Å²) >= 11 is 1.95. The number of carbonyl (C=O) groups is 3. The minimum Gasteiger partial charge on any atom is -0.477 e. The molecule has 2 aromatic rings. The van der Waals surface area contributed by atoms with Gasteiger partial charge in [-0.2, -0.15) is 4.98 Å². The van der Waals surface area contributed by atoms with Crippen LogP contribution in [0.15, 0.2) is 31.1 Å². The molecular formula is C21H23FN8O7S2. The van der Waals surface area contributed by atoms with E-state index >= 15 is 0 Å². The number of carboxylic acids is 1. The zero-order valence-electron chi connectivity index (χ0n) is 20.6. The first kappa shape index (κ1) is 28.0. The minimum atomic E-state index is -1.36. The number of aromatic nitrogens is 4. The number of allylic oxidation sites excluding steroid dienone is 1. The van der Waals surface area contributed by atoms with Gasteiger partial charge < -0.3 is 25.7 Å². The van der Waals surface area contributed by atoms with Gasteiger partial charge in [-0.05, 0) is 19.8 Å². The zero-order valence-corrected chi connectivity index (χ0v) is 22.3. The number of carboxylic acid groups (broad SMARTS) is 1. The van der Waals surface area contributed by atoms with Crippen molar-refractivity contribution in [3.8, 4) is 5.88 Å². The molecular weight excluding hydrogens is 559 g/mol. The van der Waals surface area contributed by atoms with E-state index in [1.165, 1.54) is 17.1 Å². The standard InChI is InChI=1S/C21H23FN8O7S2/c1-3-36-17-16(32)26-21(29(2)27-17)39-11-5-4-10-13(18(33)30(10)14(11)19(34)35)25-15(31)12(28-37-7-6-22)9-8-38-20(23)24-9/h8,10,13H,3-7H2,1-2H3,(H2,23,24)(H,25,31)(H,34,35)/b28-12+/t10-,13+/m1/s1. The summed E-state index contributed by atoms with van der Waals surface area (Å²) in [4.78, 5) is 64.5. The second-order valence-electron chi connectivity index (χ2n) is 8.04. The van der Waals surface area contributed by atoms with Crippen molar-refractivity contribution < 1.29 is 33.5 Å². The van der Waals surface area contributed by atoms with Gasteiger partial charge in [0.1, 0.15) is 30.7 Å². The average Bonchev–Trinajstić information content (AvgIpc) is 3.33. The smallest absolute Gasteiger partial charge is 0.353 e. The Morgan fingerprint density at radius 1 is 1.38 bits per heavy atom. The molecule has 0 saturated carbocycles. The van der Waals surface area contributed by atoms with E-state index in [2.05, 4.69) is 25.5 Å². The summed E-state index contributed by atoms with van der Waals surface area (Å²) in [5, 5.41) is 21.9. The van der Waals surface area contributed by atoms with Gasteiger partial charge in [0.25, 0.3) is 11.8 Å². The number of nitrogen functional groups attached to an aromatic ring is 1. The van der Waals surface area contributed by atoms with Crippen LogP contribution in [0.2, 0.25) is 0 Å². The molecule has 0 aromatic carbocycles. The maximum absolute atomic E-state index is 13.1. The number of halogens is 1. The number of hydrogen-bond donors (Lipinski definition) is 3. The van der Waals surface area contributed by atoms with Gasteiger partial charge in [0.15, 0.2) is 16.0 Å². The van der Waals surface area contributed by atoms with Gasteiger partial charge >= 0.3 is 17.4 Å². The number of alkyl halides is 1. The van der Waals surface area contributed by atoms with Crippen LogP contribution in [0.5, 0.6) is 5.88 Å². The Labute approximate surface area is 227 Å². The number of oxime groups is 1. The maximum atomic E-state index is 13.1. The lowest BCUT2D eigenvalue weighted by atomic mass is 9.86. The molecule has 1 fully saturated rings. The van der Waals surface area contributed by atoms with Crippen molar-refractivity contribution in [2.45, 2.75) is 37.0 Å². The molecule has 2 amide bonds. The fraction of sp³-hybridized carbons (Fsp3) is 0.429. The number of hydrogen-bond acceptors (Lipinski definition) is 13. The highest BCUT2D eigenvalue weighted by Crippen LogP contribution is 2.42. The summed E-state index contributed by atoms with van der Waals surface area (Å²) in [5.41, 5.74) is 4.42. The Balaban J connectivity index is 1.55. The third-order valence-corrected chi connectivity index (χ3v) is 7.43. The second kappa shape index (κ2) is 11.8. The predicted molar refractivity (Wildman–Crippen MR) is 136 cm³/mol. The van der Waals surface area contributed by atoms with Gasteiger partial charge in [-0.25, -0.2) is 18.9 Å². The van der Waals surface area contributed by atoms with Crippen LogP contribution in [0.1, 0.15) is 25.5 Å². The quantitative estimate of drug-likeness (QED) is 0.137. The summed E-state index contributed by atoms with van der Waals surface area (Å²) in [5.74, 6) is -3.02. The molecule has 0 unspecified atom stereocenters. The van der Waals surface area contributed by atoms with Gasteiger partial charge in [0.2, 0.25) is 0 Å². The van der Waals surface area contributed by atoms with Crippen LogP contribution >= 0.6 is 23.1 Å². The number of aliphatic carboxylic acids is 1. The fourth-order valence-corrected chi connectivity index (χ4v) is 5.51. The van der Waals surface area contributed by atoms with Crippen LogP contribution < -0.4 is 21.3 Å². The molecule has 0 spiro atoms. The van der Waals surface area contributed by atoms with Crippen molar-refractivity contribution >= 4 is 51.7 Å². The maximum Gasteiger partial charge on any atom is 0.353 e. The zero-order chi connectivity index (χ0) is 28.3. The monoisotopic (exact) mass is 582 g/mol. The first-order chi connectivity index (χ1) is 18.7. The van der Waals surface area contributed by atoms with E-state index in [1.807, 2.05) is 0 Å². The number of thiazole rings is 1. The third-order valence-electron chi connectivity index (χ3n) is 5.58. The summed E-state index contributed by atoms with van der Waals surface area (Å²) in [6.07, 6.45) is 0.530. The predicted octanol–water partition coefficient (Wildman–Crippen LogP) is -0.119. The molecule has 18 heteroatoms. The van der Waals surface area contributed by atoms with Crippen LogP contribution in [0.4, 0.5) is 9.52 Å². The second-order valence-corrected chi connectivity index (χ2v) is 9.99. The Bertz CT molecular complexity index is 1430. The third kappa shape index (κ3) is 5.70. The summed E-state index contributed by atoms with van der Waals surface area (Å²) in [7, 11) is 1.52. The van der Waals surface area contributed by atoms with E-state index < -0.39 is 48.7 Å². The SMILES string of the molecule is CCOc1nn(C)c(SC2=C(C(=O)O)N3C(=O)[C@@H](NC(=O)/C(=N/OCCF)c4csc(N)n4)[C@H]3CC2)nc1=O. The van der Waals surface area contributed by atoms with Gasteiger partial charge in [0, 0.05) is 17.3 Å². The minimum absolute atomic E-state index is 0.0769. The highest BCUT2D eigenvalue weighted by atomic mass is 32.2. The summed E-state index contributed by atoms with van der Waals surface area (Å²) in [6.45, 7) is 0.676. The molecule has 15 nitrogen and oxygen atoms in total. The van der Waals surface area contributed by atoms with Gasteiger partial charge in [-0.15, -0.1) is 16.4 Å². The molecule has 4 rings (SSSR count). The topological polar surface area (TPSA) is 204 Å². The highest BCUT2D eigenvalue weighted by molar-refractivity contribution is 8.03. The largest absolute Gasteiger partial charge is 0.477 e. The van der Waals surface area contributed by atoms with Gasteiger partial charge in [0.05, 0.1) is 12.6 Å². The molecule has 2 aromatic heterocycles. The molecule has 1 saturated heterocycles. The number of nitrogens with one attached hydrogen (secondary N) is 1. The van der Waals surface area contributed by atoms with E-state index in [-0.39, 0.29) is 46.3 Å². The molecule has 4 heterocycles. The number of aryl methyl sites for hydroxylation is 1. The lowest BCUT2D eigenvalue weighted by molar-refractivity contribution is -0.155. The lowest BCUT2D eigenvalue weighted by Crippen LogP contribution is -2.72. The Morgan fingerprint density at radius 3 is 2.79 bits per heavy atom. The average molecular weight is 583 g/mol. The molecule has 4 N–H and O–H groups in total. The van der Waals surface area contributed by atoms with Crippen LogP contribution in [0.3, 0.4) is 0 Å². The molecule has 2 aliphatic rings. The number of thioether (sulfide) groups is 1. The van der Waals surface area contributed by atoms with E-state index in [9.17, 15) is 28.7 Å².